The molecule has 0 aliphatic heterocycles. The molecule has 3 aliphatic carbocycles. The van der Waals surface area contributed by atoms with Crippen molar-refractivity contribution in [2.24, 2.45) is 35.5 Å². The lowest BCUT2D eigenvalue weighted by Crippen LogP contribution is -2.24. The summed E-state index contributed by atoms with van der Waals surface area (Å²) in [6, 6.07) is 4.36. The summed E-state index contributed by atoms with van der Waals surface area (Å²) < 4.78 is 26.5. The van der Waals surface area contributed by atoms with Crippen LogP contribution in [-0.2, 0) is 6.42 Å². The molecule has 3 saturated carbocycles. The third-order valence-corrected chi connectivity index (χ3v) is 8.92. The van der Waals surface area contributed by atoms with Crippen LogP contribution < -0.4 is 0 Å². The molecule has 0 nitrogen and oxygen atoms in total. The van der Waals surface area contributed by atoms with Crippen LogP contribution in [0.25, 0.3) is 0 Å². The van der Waals surface area contributed by atoms with E-state index < -0.39 is 11.6 Å². The molecule has 0 aromatic heterocycles. The normalized spacial score (nSPS) is 34.8. The van der Waals surface area contributed by atoms with Crippen LogP contribution >= 0.6 is 0 Å². The molecule has 0 atom stereocenters. The number of benzene rings is 1. The minimum atomic E-state index is -0.742. The molecule has 3 aliphatic rings. The van der Waals surface area contributed by atoms with Gasteiger partial charge in [-0.3, -0.25) is 0 Å². The summed E-state index contributed by atoms with van der Waals surface area (Å²) in [5.41, 5.74) is 0.930. The quantitative estimate of drug-likeness (QED) is 0.397. The smallest absolute Gasteiger partial charge is 0.159 e. The molecule has 31 heavy (non-hydrogen) atoms. The zero-order valence-electron chi connectivity index (χ0n) is 19.5. The summed E-state index contributed by atoms with van der Waals surface area (Å²) in [5.74, 6) is 3.89. The maximum atomic E-state index is 13.4. The average molecular weight is 429 g/mol. The molecule has 3 fully saturated rings. The van der Waals surface area contributed by atoms with Gasteiger partial charge in [0.15, 0.2) is 11.6 Å². The monoisotopic (exact) mass is 428 g/mol. The van der Waals surface area contributed by atoms with Gasteiger partial charge >= 0.3 is 0 Å². The van der Waals surface area contributed by atoms with Crippen LogP contribution in [0.4, 0.5) is 8.78 Å². The largest absolute Gasteiger partial charge is 0.204 e. The fourth-order valence-electron chi connectivity index (χ4n) is 6.62. The zero-order valence-corrected chi connectivity index (χ0v) is 19.5. The van der Waals surface area contributed by atoms with Crippen molar-refractivity contribution in [2.45, 2.75) is 96.8 Å². The van der Waals surface area contributed by atoms with Crippen LogP contribution in [0.15, 0.2) is 30.4 Å². The van der Waals surface area contributed by atoms with E-state index in [2.05, 4.69) is 19.1 Å². The second-order valence-electron chi connectivity index (χ2n) is 11.1. The molecule has 0 N–H and O–H groups in total. The first-order valence-corrected chi connectivity index (χ1v) is 13.2. The van der Waals surface area contributed by atoms with E-state index in [1.54, 1.807) is 6.07 Å². The highest BCUT2D eigenvalue weighted by Crippen LogP contribution is 2.42. The summed E-state index contributed by atoms with van der Waals surface area (Å²) in [6.07, 6.45) is 23.9. The Balaban J connectivity index is 1.13. The van der Waals surface area contributed by atoms with Gasteiger partial charge in [-0.15, -0.1) is 0 Å². The minimum Gasteiger partial charge on any atom is -0.204 e. The molecule has 0 unspecified atom stereocenters. The van der Waals surface area contributed by atoms with Gasteiger partial charge in [0.05, 0.1) is 0 Å². The fourth-order valence-corrected chi connectivity index (χ4v) is 6.62. The Kier molecular flexibility index (Phi) is 8.24. The van der Waals surface area contributed by atoms with Crippen LogP contribution in [0.1, 0.15) is 96.0 Å². The molecule has 1 aromatic rings. The SMILES string of the molecule is CC1CCC(C2CCC(C=CC3CCC(CCc4ccc(F)c(F)c4)CC3)CC2)CC1. The number of hydrogen-bond acceptors (Lipinski definition) is 0. The van der Waals surface area contributed by atoms with Crippen molar-refractivity contribution < 1.29 is 8.78 Å². The Morgan fingerprint density at radius 1 is 0.710 bits per heavy atom. The Morgan fingerprint density at radius 3 is 1.84 bits per heavy atom. The number of rotatable bonds is 6. The summed E-state index contributed by atoms with van der Waals surface area (Å²) in [5, 5.41) is 0. The van der Waals surface area contributed by atoms with Gasteiger partial charge in [0.25, 0.3) is 0 Å². The van der Waals surface area contributed by atoms with E-state index in [0.717, 1.165) is 53.9 Å². The third-order valence-electron chi connectivity index (χ3n) is 8.92. The number of allylic oxidation sites excluding steroid dienone is 2. The Bertz CT molecular complexity index is 699. The van der Waals surface area contributed by atoms with E-state index in [1.807, 2.05) is 0 Å². The Morgan fingerprint density at radius 2 is 1.26 bits per heavy atom. The maximum absolute atomic E-state index is 13.4. The molecule has 0 radical (unpaired) electrons. The topological polar surface area (TPSA) is 0 Å². The predicted octanol–water partition coefficient (Wildman–Crippen LogP) is 8.89. The first-order chi connectivity index (χ1) is 15.1. The third kappa shape index (κ3) is 6.65. The molecule has 2 heteroatoms. The van der Waals surface area contributed by atoms with Gasteiger partial charge < -0.3 is 0 Å². The molecule has 0 saturated heterocycles. The standard InChI is InChI=1S/C29H42F2/c1-21-2-15-26(16-3-21)27-17-12-24(13-18-27)9-8-22-4-6-23(7-5-22)10-11-25-14-19-28(30)29(31)20-25/h8-9,14,19-24,26-27H,2-7,10-13,15-18H2,1H3. The highest BCUT2D eigenvalue weighted by atomic mass is 19.2. The van der Waals surface area contributed by atoms with Gasteiger partial charge in [-0.05, 0) is 130 Å². The highest BCUT2D eigenvalue weighted by Gasteiger charge is 2.29. The van der Waals surface area contributed by atoms with Crippen molar-refractivity contribution in [3.8, 4) is 0 Å². The van der Waals surface area contributed by atoms with Gasteiger partial charge in [-0.1, -0.05) is 38.0 Å². The Labute approximate surface area is 188 Å². The molecule has 0 heterocycles. The van der Waals surface area contributed by atoms with Crippen LogP contribution in [-0.4, -0.2) is 0 Å². The minimum absolute atomic E-state index is 0.714. The van der Waals surface area contributed by atoms with Crippen molar-refractivity contribution in [1.82, 2.24) is 0 Å². The molecule has 0 amide bonds. The number of hydrogen-bond donors (Lipinski definition) is 0. The Hall–Kier alpha value is -1.18. The maximum Gasteiger partial charge on any atom is 0.159 e. The first-order valence-electron chi connectivity index (χ1n) is 13.2. The molecule has 1 aromatic carbocycles. The van der Waals surface area contributed by atoms with Gasteiger partial charge in [-0.2, -0.15) is 0 Å². The number of aryl methyl sites for hydroxylation is 1. The van der Waals surface area contributed by atoms with Crippen LogP contribution in [0, 0.1) is 47.1 Å². The lowest BCUT2D eigenvalue weighted by molar-refractivity contribution is 0.160. The van der Waals surface area contributed by atoms with E-state index in [1.165, 1.54) is 89.2 Å². The lowest BCUT2D eigenvalue weighted by Gasteiger charge is -2.36. The van der Waals surface area contributed by atoms with E-state index >= 15 is 0 Å². The molecule has 0 spiro atoms. The van der Waals surface area contributed by atoms with Crippen molar-refractivity contribution in [3.05, 3.63) is 47.5 Å². The van der Waals surface area contributed by atoms with Crippen molar-refractivity contribution in [1.29, 1.82) is 0 Å². The van der Waals surface area contributed by atoms with E-state index in [4.69, 9.17) is 0 Å². The van der Waals surface area contributed by atoms with Crippen molar-refractivity contribution >= 4 is 0 Å². The first kappa shape index (κ1) is 23.0. The number of halogens is 2. The van der Waals surface area contributed by atoms with Gasteiger partial charge in [-0.25, -0.2) is 8.78 Å². The van der Waals surface area contributed by atoms with Crippen LogP contribution in [0.3, 0.4) is 0 Å². The van der Waals surface area contributed by atoms with E-state index in [-0.39, 0.29) is 0 Å². The van der Waals surface area contributed by atoms with Gasteiger partial charge in [0.2, 0.25) is 0 Å². The summed E-state index contributed by atoms with van der Waals surface area (Å²) in [6.45, 7) is 2.43. The van der Waals surface area contributed by atoms with Gasteiger partial charge in [0.1, 0.15) is 0 Å². The average Bonchev–Trinajstić information content (AvgIpc) is 2.80. The van der Waals surface area contributed by atoms with Crippen molar-refractivity contribution in [3.63, 3.8) is 0 Å². The summed E-state index contributed by atoms with van der Waals surface area (Å²) in [4.78, 5) is 0. The highest BCUT2D eigenvalue weighted by molar-refractivity contribution is 5.17. The van der Waals surface area contributed by atoms with E-state index in [0.29, 0.717) is 0 Å². The summed E-state index contributed by atoms with van der Waals surface area (Å²) in [7, 11) is 0. The fraction of sp³-hybridized carbons (Fsp3) is 0.724. The zero-order chi connectivity index (χ0) is 21.6. The molecule has 4 rings (SSSR count). The summed E-state index contributed by atoms with van der Waals surface area (Å²) >= 11 is 0. The molecule has 172 valence electrons. The van der Waals surface area contributed by atoms with Gasteiger partial charge in [0, 0.05) is 0 Å². The second kappa shape index (κ2) is 11.1. The second-order valence-corrected chi connectivity index (χ2v) is 11.1. The molecular formula is C29H42F2. The molecular weight excluding hydrogens is 386 g/mol. The lowest BCUT2D eigenvalue weighted by atomic mass is 9.69. The van der Waals surface area contributed by atoms with Crippen LogP contribution in [0.5, 0.6) is 0 Å². The van der Waals surface area contributed by atoms with Crippen LogP contribution in [0.2, 0.25) is 0 Å². The predicted molar refractivity (Wildman–Crippen MR) is 126 cm³/mol. The molecule has 0 bridgehead atoms. The van der Waals surface area contributed by atoms with E-state index in [9.17, 15) is 8.78 Å². The van der Waals surface area contributed by atoms with Crippen molar-refractivity contribution in [2.75, 3.05) is 0 Å².